The summed E-state index contributed by atoms with van der Waals surface area (Å²) in [5, 5.41) is 3.32. The van der Waals surface area contributed by atoms with E-state index in [0.29, 0.717) is 17.3 Å². The normalized spacial score (nSPS) is 14.4. The Hall–Kier alpha value is -2.91. The van der Waals surface area contributed by atoms with E-state index in [-0.39, 0.29) is 11.4 Å². The molecular formula is C26H28ClN3O4S. The molecule has 0 radical (unpaired) electrons. The number of hydrogen-bond donors (Lipinski definition) is 1. The lowest BCUT2D eigenvalue weighted by Gasteiger charge is -2.26. The van der Waals surface area contributed by atoms with Gasteiger partial charge in [-0.25, -0.2) is 8.42 Å². The molecule has 1 aliphatic heterocycles. The van der Waals surface area contributed by atoms with Crippen LogP contribution in [0.5, 0.6) is 0 Å². The predicted octanol–water partition coefficient (Wildman–Crippen LogP) is 3.68. The van der Waals surface area contributed by atoms with E-state index in [4.69, 9.17) is 16.3 Å². The first-order valence-electron chi connectivity index (χ1n) is 11.4. The van der Waals surface area contributed by atoms with Crippen LogP contribution in [0.15, 0.2) is 83.8 Å². The summed E-state index contributed by atoms with van der Waals surface area (Å²) in [6, 6.07) is 22.5. The van der Waals surface area contributed by atoms with Gasteiger partial charge in [-0.3, -0.25) is 14.0 Å². The summed E-state index contributed by atoms with van der Waals surface area (Å²) in [6.07, 6.45) is 0. The number of ether oxygens (including phenoxy) is 1. The summed E-state index contributed by atoms with van der Waals surface area (Å²) in [5.74, 6) is -0.406. The number of rotatable bonds is 9. The van der Waals surface area contributed by atoms with Gasteiger partial charge in [-0.05, 0) is 47.5 Å². The molecule has 0 atom stereocenters. The number of morpholine rings is 1. The third-order valence-corrected chi connectivity index (χ3v) is 7.80. The average Bonchev–Trinajstić information content (AvgIpc) is 2.88. The maximum atomic E-state index is 13.3. The summed E-state index contributed by atoms with van der Waals surface area (Å²) >= 11 is 5.98. The van der Waals surface area contributed by atoms with Gasteiger partial charge in [0.15, 0.2) is 0 Å². The molecule has 1 fully saturated rings. The van der Waals surface area contributed by atoms with E-state index in [9.17, 15) is 13.2 Å². The fourth-order valence-electron chi connectivity index (χ4n) is 3.81. The highest BCUT2D eigenvalue weighted by atomic mass is 35.5. The number of hydrogen-bond acceptors (Lipinski definition) is 5. The zero-order valence-corrected chi connectivity index (χ0v) is 20.8. The Balaban J connectivity index is 1.41. The van der Waals surface area contributed by atoms with Gasteiger partial charge >= 0.3 is 0 Å². The molecule has 0 aliphatic carbocycles. The molecule has 0 bridgehead atoms. The molecule has 0 saturated carbocycles. The largest absolute Gasteiger partial charge is 0.379 e. The number of anilines is 1. The van der Waals surface area contributed by atoms with Gasteiger partial charge < -0.3 is 10.1 Å². The van der Waals surface area contributed by atoms with E-state index >= 15 is 0 Å². The van der Waals surface area contributed by atoms with Crippen LogP contribution in [0.25, 0.3) is 0 Å². The van der Waals surface area contributed by atoms with Gasteiger partial charge in [-0.15, -0.1) is 0 Å². The van der Waals surface area contributed by atoms with Crippen LogP contribution in [0, 0.1) is 0 Å². The molecule has 1 amide bonds. The standard InChI is InChI=1S/C26H28ClN3O4S/c27-23-10-12-24(13-11-23)30(35(32,33)25-4-2-1-3-5-25)20-26(31)28-18-21-6-8-22(9-7-21)19-29-14-16-34-17-15-29/h1-13H,14-20H2,(H,28,31). The van der Waals surface area contributed by atoms with Crippen molar-refractivity contribution >= 4 is 33.2 Å². The van der Waals surface area contributed by atoms with Crippen molar-refractivity contribution in [3.63, 3.8) is 0 Å². The average molecular weight is 514 g/mol. The molecule has 1 N–H and O–H groups in total. The van der Waals surface area contributed by atoms with E-state index in [1.54, 1.807) is 42.5 Å². The smallest absolute Gasteiger partial charge is 0.264 e. The topological polar surface area (TPSA) is 79.0 Å². The zero-order chi connectivity index (χ0) is 24.7. The number of nitrogens with one attached hydrogen (secondary N) is 1. The molecule has 3 aromatic rings. The van der Waals surface area contributed by atoms with E-state index in [0.717, 1.165) is 42.7 Å². The van der Waals surface area contributed by atoms with Crippen LogP contribution in [-0.4, -0.2) is 52.1 Å². The van der Waals surface area contributed by atoms with Gasteiger partial charge in [0, 0.05) is 31.2 Å². The van der Waals surface area contributed by atoms with E-state index < -0.39 is 15.9 Å². The highest BCUT2D eigenvalue weighted by molar-refractivity contribution is 7.92. The molecule has 3 aromatic carbocycles. The Labute approximate surface area is 211 Å². The first-order chi connectivity index (χ1) is 16.9. The van der Waals surface area contributed by atoms with Crippen LogP contribution in [-0.2, 0) is 32.6 Å². The van der Waals surface area contributed by atoms with Gasteiger partial charge in [0.2, 0.25) is 5.91 Å². The minimum absolute atomic E-state index is 0.110. The van der Waals surface area contributed by atoms with Gasteiger partial charge in [-0.1, -0.05) is 54.1 Å². The Bertz CT molecular complexity index is 1210. The molecule has 1 saturated heterocycles. The summed E-state index contributed by atoms with van der Waals surface area (Å²) in [6.45, 7) is 4.18. The van der Waals surface area contributed by atoms with Gasteiger partial charge in [-0.2, -0.15) is 0 Å². The number of halogens is 1. The van der Waals surface area contributed by atoms with Crippen molar-refractivity contribution in [1.29, 1.82) is 0 Å². The molecule has 35 heavy (non-hydrogen) atoms. The maximum absolute atomic E-state index is 13.3. The number of nitrogens with zero attached hydrogens (tertiary/aromatic N) is 2. The molecule has 4 rings (SSSR count). The van der Waals surface area contributed by atoms with Gasteiger partial charge in [0.05, 0.1) is 23.8 Å². The number of sulfonamides is 1. The van der Waals surface area contributed by atoms with Crippen molar-refractivity contribution in [2.45, 2.75) is 18.0 Å². The number of carbonyl (C=O) groups is 1. The Kier molecular flexibility index (Phi) is 8.41. The zero-order valence-electron chi connectivity index (χ0n) is 19.3. The summed E-state index contributed by atoms with van der Waals surface area (Å²) in [7, 11) is -3.95. The number of benzene rings is 3. The summed E-state index contributed by atoms with van der Waals surface area (Å²) in [5.41, 5.74) is 2.50. The first-order valence-corrected chi connectivity index (χ1v) is 13.2. The Morgan fingerprint density at radius 3 is 2.20 bits per heavy atom. The minimum Gasteiger partial charge on any atom is -0.379 e. The second-order valence-corrected chi connectivity index (χ2v) is 10.6. The molecule has 1 heterocycles. The first kappa shape index (κ1) is 25.2. The van der Waals surface area contributed by atoms with Crippen LogP contribution < -0.4 is 9.62 Å². The van der Waals surface area contributed by atoms with Crippen LogP contribution in [0.2, 0.25) is 5.02 Å². The highest BCUT2D eigenvalue weighted by Gasteiger charge is 2.27. The SMILES string of the molecule is O=C(CN(c1ccc(Cl)cc1)S(=O)(=O)c1ccccc1)NCc1ccc(CN2CCOCC2)cc1. The van der Waals surface area contributed by atoms with Crippen LogP contribution in [0.4, 0.5) is 5.69 Å². The van der Waals surface area contributed by atoms with Crippen molar-refractivity contribution in [2.75, 3.05) is 37.2 Å². The van der Waals surface area contributed by atoms with E-state index in [1.165, 1.54) is 17.7 Å². The van der Waals surface area contributed by atoms with Crippen LogP contribution in [0.1, 0.15) is 11.1 Å². The van der Waals surface area contributed by atoms with Crippen LogP contribution >= 0.6 is 11.6 Å². The second-order valence-electron chi connectivity index (χ2n) is 8.28. The van der Waals surface area contributed by atoms with Crippen molar-refractivity contribution in [3.8, 4) is 0 Å². The van der Waals surface area contributed by atoms with E-state index in [2.05, 4.69) is 22.3 Å². The number of carbonyl (C=O) groups excluding carboxylic acids is 1. The fourth-order valence-corrected chi connectivity index (χ4v) is 5.38. The Morgan fingerprint density at radius 2 is 1.54 bits per heavy atom. The Morgan fingerprint density at radius 1 is 0.914 bits per heavy atom. The summed E-state index contributed by atoms with van der Waals surface area (Å²) < 4.78 is 33.1. The van der Waals surface area contributed by atoms with Crippen molar-refractivity contribution in [1.82, 2.24) is 10.2 Å². The predicted molar refractivity (Wildman–Crippen MR) is 137 cm³/mol. The maximum Gasteiger partial charge on any atom is 0.264 e. The molecule has 184 valence electrons. The molecule has 0 unspecified atom stereocenters. The molecule has 7 nitrogen and oxygen atoms in total. The monoisotopic (exact) mass is 513 g/mol. The van der Waals surface area contributed by atoms with E-state index in [1.807, 2.05) is 12.1 Å². The molecule has 9 heteroatoms. The lowest BCUT2D eigenvalue weighted by Crippen LogP contribution is -2.40. The number of amides is 1. The third-order valence-electron chi connectivity index (χ3n) is 5.76. The minimum atomic E-state index is -3.95. The molecular weight excluding hydrogens is 486 g/mol. The summed E-state index contributed by atoms with van der Waals surface area (Å²) in [4.78, 5) is 15.3. The highest BCUT2D eigenvalue weighted by Crippen LogP contribution is 2.25. The molecule has 0 spiro atoms. The quantitative estimate of drug-likeness (QED) is 0.472. The van der Waals surface area contributed by atoms with Crippen LogP contribution in [0.3, 0.4) is 0 Å². The lowest BCUT2D eigenvalue weighted by molar-refractivity contribution is -0.119. The van der Waals surface area contributed by atoms with Crippen molar-refractivity contribution in [2.24, 2.45) is 0 Å². The third kappa shape index (κ3) is 6.82. The van der Waals surface area contributed by atoms with Crippen molar-refractivity contribution in [3.05, 3.63) is 95.0 Å². The van der Waals surface area contributed by atoms with Crippen molar-refractivity contribution < 1.29 is 17.9 Å². The fraction of sp³-hybridized carbons (Fsp3) is 0.269. The lowest BCUT2D eigenvalue weighted by atomic mass is 10.1. The van der Waals surface area contributed by atoms with Gasteiger partial charge in [0.1, 0.15) is 6.54 Å². The molecule has 1 aliphatic rings. The van der Waals surface area contributed by atoms with Gasteiger partial charge in [0.25, 0.3) is 10.0 Å². The second kappa shape index (κ2) is 11.7. The molecule has 0 aromatic heterocycles.